The second kappa shape index (κ2) is 14.5. The van der Waals surface area contributed by atoms with E-state index in [0.717, 1.165) is 25.8 Å². The molecule has 0 spiro atoms. The van der Waals surface area contributed by atoms with Crippen molar-refractivity contribution >= 4 is 28.7 Å². The van der Waals surface area contributed by atoms with Gasteiger partial charge in [0.1, 0.15) is 11.3 Å². The van der Waals surface area contributed by atoms with Crippen molar-refractivity contribution < 1.29 is 62.2 Å². The van der Waals surface area contributed by atoms with Gasteiger partial charge in [-0.2, -0.15) is 48.3 Å². The average molecular weight is 705 g/mol. The summed E-state index contributed by atoms with van der Waals surface area (Å²) in [6.45, 7) is 4.74. The fraction of sp³-hybridized carbons (Fsp3) is 0.469. The Labute approximate surface area is 267 Å². The summed E-state index contributed by atoms with van der Waals surface area (Å²) < 4.78 is 165. The van der Waals surface area contributed by atoms with Gasteiger partial charge in [-0.3, -0.25) is 0 Å². The number of aryl methyl sites for hydroxylation is 1. The highest BCUT2D eigenvalue weighted by molar-refractivity contribution is 7.99. The minimum absolute atomic E-state index is 0.0285. The van der Waals surface area contributed by atoms with Crippen LogP contribution in [0.5, 0.6) is 0 Å². The molecule has 0 fully saturated rings. The second-order valence-electron chi connectivity index (χ2n) is 11.0. The third kappa shape index (κ3) is 8.63. The van der Waals surface area contributed by atoms with Gasteiger partial charge in [-0.05, 0) is 55.7 Å². The number of fused-ring (bicyclic) bond motifs is 1. The topological polar surface area (TPSA) is 39.4 Å². The maximum atomic E-state index is 14.4. The Bertz CT molecular complexity index is 1560. The SMILES string of the molecule is C=C(C)C(=O)OCCC(F)(F)C(F)(F)C(F)(F)C(F)(F)CCSc1ccc2cc(-c3ccc(CCCCC)cc3C(F)(F)F)oc2c1. The van der Waals surface area contributed by atoms with E-state index in [1.165, 1.54) is 30.3 Å². The van der Waals surface area contributed by atoms with Gasteiger partial charge >= 0.3 is 35.8 Å². The summed E-state index contributed by atoms with van der Waals surface area (Å²) in [5.74, 6) is -26.6. The van der Waals surface area contributed by atoms with Crippen molar-refractivity contribution in [3.63, 3.8) is 0 Å². The van der Waals surface area contributed by atoms with Crippen LogP contribution in [0.2, 0.25) is 0 Å². The average Bonchev–Trinajstić information content (AvgIpc) is 3.39. The summed E-state index contributed by atoms with van der Waals surface area (Å²) in [7, 11) is 0. The molecule has 1 heterocycles. The molecule has 1 aromatic heterocycles. The number of hydrogen-bond donors (Lipinski definition) is 0. The molecule has 0 unspecified atom stereocenters. The zero-order chi connectivity index (χ0) is 35.4. The monoisotopic (exact) mass is 704 g/mol. The van der Waals surface area contributed by atoms with Crippen molar-refractivity contribution in [2.45, 2.75) is 87.1 Å². The highest BCUT2D eigenvalue weighted by Crippen LogP contribution is 2.55. The van der Waals surface area contributed by atoms with Crippen LogP contribution in [0.15, 0.2) is 63.9 Å². The molecule has 0 aliphatic carbocycles. The summed E-state index contributed by atoms with van der Waals surface area (Å²) in [5, 5.41) is 0.331. The van der Waals surface area contributed by atoms with Gasteiger partial charge < -0.3 is 9.15 Å². The number of thioether (sulfide) groups is 1. The predicted molar refractivity (Wildman–Crippen MR) is 155 cm³/mol. The first-order valence-electron chi connectivity index (χ1n) is 14.4. The Morgan fingerprint density at radius 2 is 1.49 bits per heavy atom. The molecular formula is C32H31F11O3S. The van der Waals surface area contributed by atoms with Crippen LogP contribution in [0.4, 0.5) is 48.3 Å². The van der Waals surface area contributed by atoms with Gasteiger partial charge in [0, 0.05) is 33.6 Å². The minimum Gasteiger partial charge on any atom is -0.462 e. The predicted octanol–water partition coefficient (Wildman–Crippen LogP) is 11.4. The summed E-state index contributed by atoms with van der Waals surface area (Å²) in [5.41, 5.74) is -0.924. The lowest BCUT2D eigenvalue weighted by molar-refractivity contribution is -0.367. The first kappa shape index (κ1) is 38.2. The molecule has 0 atom stereocenters. The quantitative estimate of drug-likeness (QED) is 0.0489. The molecule has 0 amide bonds. The molecule has 0 aliphatic heterocycles. The van der Waals surface area contributed by atoms with Gasteiger partial charge in [-0.25, -0.2) is 4.79 Å². The highest BCUT2D eigenvalue weighted by atomic mass is 32.2. The van der Waals surface area contributed by atoms with Crippen molar-refractivity contribution in [2.75, 3.05) is 12.4 Å². The Morgan fingerprint density at radius 3 is 2.09 bits per heavy atom. The fourth-order valence-corrected chi connectivity index (χ4v) is 5.42. The maximum Gasteiger partial charge on any atom is 0.417 e. The summed E-state index contributed by atoms with van der Waals surface area (Å²) in [6, 6.07) is 9.16. The van der Waals surface area contributed by atoms with Crippen molar-refractivity contribution in [1.82, 2.24) is 0 Å². The fourth-order valence-electron chi connectivity index (χ4n) is 4.47. The lowest BCUT2D eigenvalue weighted by atomic mass is 9.95. The highest BCUT2D eigenvalue weighted by Gasteiger charge is 2.79. The molecule has 2 aromatic carbocycles. The van der Waals surface area contributed by atoms with Crippen LogP contribution in [0.3, 0.4) is 0 Å². The van der Waals surface area contributed by atoms with Crippen molar-refractivity contribution in [3.05, 3.63) is 65.7 Å². The second-order valence-corrected chi connectivity index (χ2v) is 12.1. The molecule has 0 aliphatic rings. The van der Waals surface area contributed by atoms with Crippen LogP contribution in [0, 0.1) is 0 Å². The van der Waals surface area contributed by atoms with Crippen molar-refractivity contribution in [2.24, 2.45) is 0 Å². The number of furan rings is 1. The number of benzene rings is 2. The zero-order valence-corrected chi connectivity index (χ0v) is 26.0. The molecule has 47 heavy (non-hydrogen) atoms. The molecule has 0 radical (unpaired) electrons. The molecule has 260 valence electrons. The number of halogens is 11. The van der Waals surface area contributed by atoms with E-state index in [0.29, 0.717) is 35.6 Å². The van der Waals surface area contributed by atoms with E-state index >= 15 is 0 Å². The van der Waals surface area contributed by atoms with E-state index in [1.54, 1.807) is 6.07 Å². The molecule has 0 bridgehead atoms. The van der Waals surface area contributed by atoms with E-state index in [-0.39, 0.29) is 27.4 Å². The van der Waals surface area contributed by atoms with Gasteiger partial charge in [0.15, 0.2) is 0 Å². The zero-order valence-electron chi connectivity index (χ0n) is 25.2. The third-order valence-corrected chi connectivity index (χ3v) is 8.21. The Balaban J connectivity index is 1.73. The summed E-state index contributed by atoms with van der Waals surface area (Å²) >= 11 is 0.488. The van der Waals surface area contributed by atoms with E-state index in [4.69, 9.17) is 4.42 Å². The standard InChI is InChI=1S/C32H31F11O3S/c1-4-5-6-7-20-8-11-23(24(16-20)30(37,38)39)26-17-21-9-10-22(18-25(21)46-26)47-15-13-29(35,36)32(42,43)31(40,41)28(33,34)12-14-45-27(44)19(2)3/h8-11,16-18H,2,4-7,12-15H2,1,3H3. The molecule has 3 nitrogen and oxygen atoms in total. The normalized spacial score (nSPS) is 13.3. The Hall–Kier alpha value is -3.23. The number of alkyl halides is 11. The lowest BCUT2D eigenvalue weighted by Gasteiger charge is -2.36. The van der Waals surface area contributed by atoms with Gasteiger partial charge in [-0.1, -0.05) is 38.5 Å². The number of carbonyl (C=O) groups is 1. The van der Waals surface area contributed by atoms with Crippen molar-refractivity contribution in [1.29, 1.82) is 0 Å². The third-order valence-electron chi connectivity index (χ3n) is 7.21. The van der Waals surface area contributed by atoms with Gasteiger partial charge in [0.25, 0.3) is 0 Å². The van der Waals surface area contributed by atoms with E-state index in [9.17, 15) is 53.1 Å². The number of rotatable bonds is 16. The number of unbranched alkanes of at least 4 members (excludes halogenated alkanes) is 2. The number of ether oxygens (including phenoxy) is 1. The molecule has 0 saturated heterocycles. The maximum absolute atomic E-state index is 14.4. The molecule has 15 heteroatoms. The van der Waals surface area contributed by atoms with Crippen LogP contribution in [0.25, 0.3) is 22.3 Å². The van der Waals surface area contributed by atoms with E-state index in [2.05, 4.69) is 11.3 Å². The number of hydrogen-bond acceptors (Lipinski definition) is 4. The van der Waals surface area contributed by atoms with Gasteiger partial charge in [-0.15, -0.1) is 11.8 Å². The molecule has 0 saturated carbocycles. The summed E-state index contributed by atoms with van der Waals surface area (Å²) in [6.07, 6.45) is -5.89. The smallest absolute Gasteiger partial charge is 0.417 e. The largest absolute Gasteiger partial charge is 0.462 e. The molecule has 3 aromatic rings. The first-order valence-corrected chi connectivity index (χ1v) is 15.3. The van der Waals surface area contributed by atoms with Crippen LogP contribution in [0.1, 0.15) is 57.1 Å². The number of esters is 1. The Morgan fingerprint density at radius 1 is 0.851 bits per heavy atom. The van der Waals surface area contributed by atoms with Gasteiger partial charge in [0.2, 0.25) is 0 Å². The summed E-state index contributed by atoms with van der Waals surface area (Å²) in [4.78, 5) is 11.3. The van der Waals surface area contributed by atoms with Crippen molar-refractivity contribution in [3.8, 4) is 11.3 Å². The van der Waals surface area contributed by atoms with Crippen LogP contribution < -0.4 is 0 Å². The van der Waals surface area contributed by atoms with Crippen LogP contribution >= 0.6 is 11.8 Å². The lowest BCUT2D eigenvalue weighted by Crippen LogP contribution is -2.62. The Kier molecular flexibility index (Phi) is 11.8. The molecule has 3 rings (SSSR count). The van der Waals surface area contributed by atoms with Gasteiger partial charge in [0.05, 0.1) is 18.6 Å². The first-order chi connectivity index (χ1) is 21.6. The van der Waals surface area contributed by atoms with E-state index in [1.807, 2.05) is 6.92 Å². The van der Waals surface area contributed by atoms with Crippen LogP contribution in [-0.4, -0.2) is 42.0 Å². The van der Waals surface area contributed by atoms with Crippen LogP contribution in [-0.2, 0) is 22.1 Å². The minimum atomic E-state index is -6.52. The molecular weight excluding hydrogens is 673 g/mol. The molecule has 0 N–H and O–H groups in total. The van der Waals surface area contributed by atoms with E-state index < -0.39 is 66.6 Å². The number of carbonyl (C=O) groups excluding carboxylic acids is 1.